The summed E-state index contributed by atoms with van der Waals surface area (Å²) in [6.07, 6.45) is 2.99. The van der Waals surface area contributed by atoms with Gasteiger partial charge in [0, 0.05) is 12.4 Å². The second kappa shape index (κ2) is 4.37. The van der Waals surface area contributed by atoms with Crippen molar-refractivity contribution in [2.45, 2.75) is 19.6 Å². The molecule has 0 N–H and O–H groups in total. The molecule has 0 aliphatic carbocycles. The quantitative estimate of drug-likeness (QED) is 0.514. The monoisotopic (exact) mass is 191 g/mol. The fourth-order valence-electron chi connectivity index (χ4n) is 0.964. The zero-order valence-corrected chi connectivity index (χ0v) is 9.62. The van der Waals surface area contributed by atoms with Crippen molar-refractivity contribution >= 4 is 14.3 Å². The Morgan fingerprint density at radius 2 is 1.77 bits per heavy atom. The fraction of sp³-hybridized carbons (Fsp3) is 0.364. The highest BCUT2D eigenvalue weighted by molar-refractivity contribution is 6.76. The Hall–Kier alpha value is -0.893. The fourth-order valence-corrected chi connectivity index (χ4v) is 1.60. The van der Waals surface area contributed by atoms with E-state index in [4.69, 9.17) is 0 Å². The van der Waals surface area contributed by atoms with Crippen LogP contribution in [0.3, 0.4) is 0 Å². The summed E-state index contributed by atoms with van der Waals surface area (Å²) in [7, 11) is -1.01. The van der Waals surface area contributed by atoms with Crippen LogP contribution in [0.5, 0.6) is 0 Å². The van der Waals surface area contributed by atoms with Crippen LogP contribution in [0.1, 0.15) is 5.56 Å². The molecule has 1 rings (SSSR count). The molecule has 0 unspecified atom stereocenters. The van der Waals surface area contributed by atoms with Gasteiger partial charge in [-0.3, -0.25) is 4.99 Å². The van der Waals surface area contributed by atoms with Crippen molar-refractivity contribution in [3.05, 3.63) is 35.9 Å². The van der Waals surface area contributed by atoms with Gasteiger partial charge in [-0.05, 0) is 5.56 Å². The number of hydrogen-bond donors (Lipinski definition) is 0. The zero-order chi connectivity index (χ0) is 9.73. The van der Waals surface area contributed by atoms with E-state index in [0.29, 0.717) is 0 Å². The molecule has 0 amide bonds. The normalized spacial score (nSPS) is 12.2. The van der Waals surface area contributed by atoms with Crippen LogP contribution in [0, 0.1) is 0 Å². The Morgan fingerprint density at radius 3 is 2.31 bits per heavy atom. The van der Waals surface area contributed by atoms with Gasteiger partial charge in [0.25, 0.3) is 0 Å². The average Bonchev–Trinajstić information content (AvgIpc) is 2.04. The molecule has 0 heterocycles. The molecule has 0 radical (unpaired) electrons. The third kappa shape index (κ3) is 4.63. The van der Waals surface area contributed by atoms with Gasteiger partial charge in [-0.25, -0.2) is 0 Å². The van der Waals surface area contributed by atoms with Gasteiger partial charge in [0.15, 0.2) is 0 Å². The van der Waals surface area contributed by atoms with Crippen molar-refractivity contribution in [3.8, 4) is 0 Å². The van der Waals surface area contributed by atoms with Crippen LogP contribution in [0.2, 0.25) is 19.6 Å². The smallest absolute Gasteiger partial charge is 0.0692 e. The predicted molar refractivity (Wildman–Crippen MR) is 62.2 cm³/mol. The minimum Gasteiger partial charge on any atom is -0.296 e. The predicted octanol–water partition coefficient (Wildman–Crippen LogP) is 2.98. The van der Waals surface area contributed by atoms with E-state index in [1.165, 1.54) is 5.56 Å². The van der Waals surface area contributed by atoms with Crippen molar-refractivity contribution in [3.63, 3.8) is 0 Å². The molecule has 0 aliphatic rings. The molecular weight excluding hydrogens is 174 g/mol. The van der Waals surface area contributed by atoms with Gasteiger partial charge in [-0.1, -0.05) is 50.0 Å². The van der Waals surface area contributed by atoms with Gasteiger partial charge in [0.05, 0.1) is 8.07 Å². The Morgan fingerprint density at radius 1 is 1.15 bits per heavy atom. The highest BCUT2D eigenvalue weighted by atomic mass is 28.3. The highest BCUT2D eigenvalue weighted by Crippen LogP contribution is 2.00. The van der Waals surface area contributed by atoms with Crippen molar-refractivity contribution in [2.24, 2.45) is 4.99 Å². The van der Waals surface area contributed by atoms with Gasteiger partial charge >= 0.3 is 0 Å². The Balaban J connectivity index is 2.51. The van der Waals surface area contributed by atoms with Gasteiger partial charge in [0.1, 0.15) is 0 Å². The lowest BCUT2D eigenvalue weighted by molar-refractivity contribution is 1.29. The summed E-state index contributed by atoms with van der Waals surface area (Å²) >= 11 is 0. The lowest BCUT2D eigenvalue weighted by Crippen LogP contribution is -2.24. The largest absolute Gasteiger partial charge is 0.296 e. The topological polar surface area (TPSA) is 12.4 Å². The van der Waals surface area contributed by atoms with Gasteiger partial charge in [0.2, 0.25) is 0 Å². The summed E-state index contributed by atoms with van der Waals surface area (Å²) in [5.74, 6) is 0. The number of aliphatic imine (C=N–C) groups is 1. The SMILES string of the molecule is C[Si](C)(C)C/N=C/c1ccccc1. The standard InChI is InChI=1S/C11H17NSi/c1-13(2,3)10-12-9-11-7-5-4-6-8-11/h4-9H,10H2,1-3H3/b12-9+. The molecule has 0 fully saturated rings. The van der Waals surface area contributed by atoms with E-state index >= 15 is 0 Å². The number of nitrogens with zero attached hydrogens (tertiary/aromatic N) is 1. The van der Waals surface area contributed by atoms with Crippen LogP contribution in [0.4, 0.5) is 0 Å². The molecule has 1 nitrogen and oxygen atoms in total. The van der Waals surface area contributed by atoms with Gasteiger partial charge < -0.3 is 0 Å². The van der Waals surface area contributed by atoms with Crippen LogP contribution < -0.4 is 0 Å². The Kier molecular flexibility index (Phi) is 3.43. The second-order valence-corrected chi connectivity index (χ2v) is 9.88. The molecule has 0 spiro atoms. The molecule has 1 aromatic rings. The maximum Gasteiger partial charge on any atom is 0.0692 e. The van der Waals surface area contributed by atoms with Crippen molar-refractivity contribution in [2.75, 3.05) is 6.17 Å². The van der Waals surface area contributed by atoms with Crippen molar-refractivity contribution in [1.29, 1.82) is 0 Å². The van der Waals surface area contributed by atoms with Gasteiger partial charge in [-0.2, -0.15) is 0 Å². The van der Waals surface area contributed by atoms with E-state index in [-0.39, 0.29) is 0 Å². The van der Waals surface area contributed by atoms with E-state index in [0.717, 1.165) is 6.17 Å². The zero-order valence-electron chi connectivity index (χ0n) is 8.62. The number of rotatable bonds is 3. The molecule has 70 valence electrons. The van der Waals surface area contributed by atoms with E-state index in [9.17, 15) is 0 Å². The van der Waals surface area contributed by atoms with Crippen LogP contribution in [-0.4, -0.2) is 20.5 Å². The minimum absolute atomic E-state index is 1.01. The molecule has 0 saturated heterocycles. The molecule has 13 heavy (non-hydrogen) atoms. The maximum atomic E-state index is 4.45. The molecule has 0 saturated carbocycles. The first-order chi connectivity index (χ1) is 6.08. The lowest BCUT2D eigenvalue weighted by Gasteiger charge is -2.10. The third-order valence-corrected chi connectivity index (χ3v) is 2.74. The molecule has 0 atom stereocenters. The summed E-state index contributed by atoms with van der Waals surface area (Å²) < 4.78 is 0. The molecule has 2 heteroatoms. The molecule has 0 bridgehead atoms. The van der Waals surface area contributed by atoms with Crippen LogP contribution >= 0.6 is 0 Å². The Bertz CT molecular complexity index is 272. The average molecular weight is 191 g/mol. The van der Waals surface area contributed by atoms with Gasteiger partial charge in [-0.15, -0.1) is 0 Å². The molecule has 0 aromatic heterocycles. The molecular formula is C11H17NSi. The first-order valence-corrected chi connectivity index (χ1v) is 8.33. The maximum absolute atomic E-state index is 4.45. The van der Waals surface area contributed by atoms with Crippen molar-refractivity contribution < 1.29 is 0 Å². The summed E-state index contributed by atoms with van der Waals surface area (Å²) in [4.78, 5) is 4.45. The molecule has 1 aromatic carbocycles. The van der Waals surface area contributed by atoms with Crippen LogP contribution in [0.15, 0.2) is 35.3 Å². The van der Waals surface area contributed by atoms with Crippen molar-refractivity contribution in [1.82, 2.24) is 0 Å². The highest BCUT2D eigenvalue weighted by Gasteiger charge is 2.10. The van der Waals surface area contributed by atoms with E-state index in [1.54, 1.807) is 0 Å². The lowest BCUT2D eigenvalue weighted by atomic mass is 10.2. The first kappa shape index (κ1) is 10.2. The van der Waals surface area contributed by atoms with E-state index in [1.807, 2.05) is 24.4 Å². The first-order valence-electron chi connectivity index (χ1n) is 4.63. The summed E-state index contributed by atoms with van der Waals surface area (Å²) in [6.45, 7) is 6.99. The van der Waals surface area contributed by atoms with Crippen LogP contribution in [-0.2, 0) is 0 Å². The van der Waals surface area contributed by atoms with E-state index < -0.39 is 8.07 Å². The summed E-state index contributed by atoms with van der Waals surface area (Å²) in [6, 6.07) is 10.3. The minimum atomic E-state index is -1.01. The second-order valence-electron chi connectivity index (χ2n) is 4.44. The van der Waals surface area contributed by atoms with E-state index in [2.05, 4.69) is 36.8 Å². The summed E-state index contributed by atoms with van der Waals surface area (Å²) in [5.41, 5.74) is 1.20. The third-order valence-electron chi connectivity index (χ3n) is 1.61. The van der Waals surface area contributed by atoms with Crippen LogP contribution in [0.25, 0.3) is 0 Å². The summed E-state index contributed by atoms with van der Waals surface area (Å²) in [5, 5.41) is 0. The number of hydrogen-bond acceptors (Lipinski definition) is 1. The molecule has 0 aliphatic heterocycles. The Labute approximate surface area is 81.5 Å². The number of benzene rings is 1.